The lowest BCUT2D eigenvalue weighted by Gasteiger charge is -2.37. The number of rotatable bonds is 25. The van der Waals surface area contributed by atoms with E-state index < -0.39 is 47.7 Å². The highest BCUT2D eigenvalue weighted by atomic mass is 16.4. The highest BCUT2D eigenvalue weighted by Crippen LogP contribution is 2.21. The number of nitrogens with one attached hydrogen (secondary N) is 2. The van der Waals surface area contributed by atoms with Crippen molar-refractivity contribution in [3.8, 4) is 5.75 Å². The summed E-state index contributed by atoms with van der Waals surface area (Å²) in [7, 11) is 0. The van der Waals surface area contributed by atoms with Crippen LogP contribution in [0.3, 0.4) is 0 Å². The van der Waals surface area contributed by atoms with Crippen molar-refractivity contribution in [2.75, 3.05) is 72.0 Å². The summed E-state index contributed by atoms with van der Waals surface area (Å²) < 4.78 is 0. The van der Waals surface area contributed by atoms with E-state index in [-0.39, 0.29) is 80.8 Å². The van der Waals surface area contributed by atoms with E-state index in [1.165, 1.54) is 0 Å². The topological polar surface area (TPSA) is 243 Å². The third-order valence-electron chi connectivity index (χ3n) is 13.3. The standard InChI is InChI=1S/C50H75N7O10/c1-4-35(2)47(53-48(64)36(3)31-38-12-16-41(58)17-13-38)44(60)32-40(14-20-45(51)61)49(65)52-33-39-9-7-37(8-10-39)11-15-42(59)18-19-43(50(66)67)57-24-6-22-54-25-26-55(29-30-57)21-5-23-56(28-27-54)34-46(62)63/h7-10,12-13,16-17,35-36,40,43,47,58H,4-6,11,14-15,18-34H2,1-3H3,(H2,51,61)(H,52,65)(H,53,64)(H,62,63)(H,66,67)/t35?,36-,40+,43?,47-/m0/s1. The number of ketones is 2. The van der Waals surface area contributed by atoms with Crippen molar-refractivity contribution < 1.29 is 48.9 Å². The Balaban J connectivity index is 1.26. The van der Waals surface area contributed by atoms with Gasteiger partial charge in [-0.3, -0.25) is 43.4 Å². The Hall–Kier alpha value is -5.23. The third-order valence-corrected chi connectivity index (χ3v) is 13.3. The molecule has 2 aromatic rings. The molecule has 2 saturated heterocycles. The molecule has 17 nitrogen and oxygen atoms in total. The normalized spacial score (nSPS) is 19.7. The van der Waals surface area contributed by atoms with E-state index in [4.69, 9.17) is 5.73 Å². The van der Waals surface area contributed by atoms with E-state index in [0.717, 1.165) is 62.3 Å². The molecule has 0 spiro atoms. The number of phenolic OH excluding ortho intramolecular Hbond substituents is 1. The maximum absolute atomic E-state index is 13.8. The van der Waals surface area contributed by atoms with E-state index in [0.29, 0.717) is 52.0 Å². The van der Waals surface area contributed by atoms with Gasteiger partial charge in [-0.25, -0.2) is 0 Å². The Morgan fingerprint density at radius 3 is 1.94 bits per heavy atom. The van der Waals surface area contributed by atoms with Crippen LogP contribution in [0.1, 0.15) is 95.2 Å². The van der Waals surface area contributed by atoms with Crippen LogP contribution in [0, 0.1) is 17.8 Å². The number of carbonyl (C=O) groups is 7. The Morgan fingerprint density at radius 1 is 0.701 bits per heavy atom. The highest BCUT2D eigenvalue weighted by Gasteiger charge is 2.32. The number of phenols is 1. The van der Waals surface area contributed by atoms with Crippen molar-refractivity contribution in [2.45, 2.75) is 110 Å². The van der Waals surface area contributed by atoms with Gasteiger partial charge in [0.2, 0.25) is 17.7 Å². The number of benzene rings is 2. The van der Waals surface area contributed by atoms with Gasteiger partial charge < -0.3 is 41.5 Å². The Morgan fingerprint density at radius 2 is 1.31 bits per heavy atom. The van der Waals surface area contributed by atoms with Gasteiger partial charge in [-0.1, -0.05) is 63.6 Å². The maximum atomic E-state index is 13.8. The Labute approximate surface area is 395 Å². The molecule has 7 atom stereocenters. The number of hydrogen-bond acceptors (Lipinski definition) is 12. The predicted octanol–water partition coefficient (Wildman–Crippen LogP) is 3.09. The van der Waals surface area contributed by atoms with Gasteiger partial charge >= 0.3 is 11.9 Å². The van der Waals surface area contributed by atoms with Gasteiger partial charge in [-0.05, 0) is 86.4 Å². The quantitative estimate of drug-likeness (QED) is 0.0839. The minimum absolute atomic E-state index is 0.0141. The summed E-state index contributed by atoms with van der Waals surface area (Å²) in [6.07, 6.45) is 3.52. The number of aliphatic carboxylic acids is 2. The van der Waals surface area contributed by atoms with Crippen LogP contribution in [0.4, 0.5) is 0 Å². The lowest BCUT2D eigenvalue weighted by molar-refractivity contribution is -0.144. The smallest absolute Gasteiger partial charge is 0.320 e. The van der Waals surface area contributed by atoms with Crippen LogP contribution in [-0.4, -0.2) is 160 Å². The van der Waals surface area contributed by atoms with E-state index in [2.05, 4.69) is 20.4 Å². The zero-order chi connectivity index (χ0) is 48.9. The van der Waals surface area contributed by atoms with Crippen LogP contribution in [-0.2, 0) is 52.9 Å². The molecule has 0 saturated carbocycles. The second-order valence-electron chi connectivity index (χ2n) is 18.6. The molecule has 2 aromatic carbocycles. The number of primary amides is 1. The number of Topliss-reactive ketones (excluding diaryl/α,β-unsaturated/α-hetero) is 2. The number of carboxylic acid groups (broad SMARTS) is 2. The number of carboxylic acids is 2. The van der Waals surface area contributed by atoms with Gasteiger partial charge in [-0.2, -0.15) is 0 Å². The molecule has 17 heteroatoms. The van der Waals surface area contributed by atoms with Gasteiger partial charge in [0.25, 0.3) is 0 Å². The summed E-state index contributed by atoms with van der Waals surface area (Å²) in [6, 6.07) is 12.5. The molecule has 370 valence electrons. The van der Waals surface area contributed by atoms with Crippen LogP contribution in [0.5, 0.6) is 5.75 Å². The first-order chi connectivity index (χ1) is 32.0. The minimum Gasteiger partial charge on any atom is -0.508 e. The average Bonchev–Trinajstić information content (AvgIpc) is 3.29. The lowest BCUT2D eigenvalue weighted by atomic mass is 9.87. The first-order valence-corrected chi connectivity index (χ1v) is 24.1. The molecule has 2 fully saturated rings. The lowest BCUT2D eigenvalue weighted by Crippen LogP contribution is -2.50. The van der Waals surface area contributed by atoms with Gasteiger partial charge in [0.05, 0.1) is 12.6 Å². The van der Waals surface area contributed by atoms with E-state index in [1.54, 1.807) is 31.2 Å². The van der Waals surface area contributed by atoms with E-state index in [9.17, 15) is 48.9 Å². The number of carbonyl (C=O) groups excluding carboxylic acids is 5. The highest BCUT2D eigenvalue weighted by molar-refractivity contribution is 5.93. The van der Waals surface area contributed by atoms with E-state index in [1.807, 2.05) is 47.9 Å². The molecular weight excluding hydrogens is 859 g/mol. The molecule has 2 bridgehead atoms. The van der Waals surface area contributed by atoms with Crippen molar-refractivity contribution in [3.05, 3.63) is 65.2 Å². The fourth-order valence-corrected chi connectivity index (χ4v) is 8.89. The van der Waals surface area contributed by atoms with Gasteiger partial charge in [-0.15, -0.1) is 0 Å². The largest absolute Gasteiger partial charge is 0.508 e. The van der Waals surface area contributed by atoms with Crippen molar-refractivity contribution in [1.82, 2.24) is 30.2 Å². The fraction of sp³-hybridized carbons (Fsp3) is 0.620. The van der Waals surface area contributed by atoms with Crippen LogP contribution in [0.25, 0.3) is 0 Å². The predicted molar refractivity (Wildman–Crippen MR) is 254 cm³/mol. The average molecular weight is 934 g/mol. The third kappa shape index (κ3) is 19.5. The Kier molecular flexibility index (Phi) is 22.9. The molecule has 0 aliphatic carbocycles. The van der Waals surface area contributed by atoms with Crippen molar-refractivity contribution >= 4 is 41.2 Å². The Bertz CT molecular complexity index is 1930. The number of aryl methyl sites for hydroxylation is 1. The molecule has 67 heavy (non-hydrogen) atoms. The summed E-state index contributed by atoms with van der Waals surface area (Å²) in [4.78, 5) is 98.1. The molecule has 3 amide bonds. The van der Waals surface area contributed by atoms with Crippen LogP contribution in [0.15, 0.2) is 48.5 Å². The first-order valence-electron chi connectivity index (χ1n) is 24.1. The monoisotopic (exact) mass is 934 g/mol. The van der Waals surface area contributed by atoms with Crippen molar-refractivity contribution in [1.29, 1.82) is 0 Å². The van der Waals surface area contributed by atoms with Gasteiger partial charge in [0.15, 0.2) is 5.78 Å². The second-order valence-corrected chi connectivity index (χ2v) is 18.6. The van der Waals surface area contributed by atoms with Crippen LogP contribution in [0.2, 0.25) is 0 Å². The van der Waals surface area contributed by atoms with Gasteiger partial charge in [0, 0.05) is 96.4 Å². The molecule has 2 aliphatic heterocycles. The molecule has 2 heterocycles. The second kappa shape index (κ2) is 28.2. The number of hydrogen-bond donors (Lipinski definition) is 6. The fourth-order valence-electron chi connectivity index (χ4n) is 8.89. The summed E-state index contributed by atoms with van der Waals surface area (Å²) in [5, 5.41) is 35.1. The minimum atomic E-state index is -0.931. The van der Waals surface area contributed by atoms with E-state index >= 15 is 0 Å². The molecule has 4 unspecified atom stereocenters. The van der Waals surface area contributed by atoms with Crippen molar-refractivity contribution in [3.63, 3.8) is 0 Å². The summed E-state index contributed by atoms with van der Waals surface area (Å²) in [5.74, 6) is -4.77. The number of aromatic hydroxyl groups is 1. The zero-order valence-electron chi connectivity index (χ0n) is 39.8. The molecule has 0 aromatic heterocycles. The SMILES string of the molecule is CCC(C)[C@H](NC(=O)[C@@H](C)Cc1ccc(O)cc1)C(=O)C[C@@H](CCC(N)=O)C(=O)NCc1ccc(CCC(=O)CCC(C(=O)O)N2CCCN3CCN(CCCN(CC(=O)O)CC3)CC2)cc1. The maximum Gasteiger partial charge on any atom is 0.320 e. The number of nitrogens with zero attached hydrogens (tertiary/aromatic N) is 4. The molecule has 0 radical (unpaired) electrons. The number of nitrogens with two attached hydrogens (primary N) is 1. The first kappa shape index (κ1) is 54.4. The molecular formula is C50H75N7O10. The molecule has 7 N–H and O–H groups in total. The molecule has 2 aliphatic rings. The van der Waals surface area contributed by atoms with Crippen molar-refractivity contribution in [2.24, 2.45) is 23.5 Å². The summed E-state index contributed by atoms with van der Waals surface area (Å²) in [5.41, 5.74) is 8.00. The number of amides is 3. The van der Waals surface area contributed by atoms with Crippen LogP contribution >= 0.6 is 0 Å². The molecule has 4 rings (SSSR count). The van der Waals surface area contributed by atoms with Crippen LogP contribution < -0.4 is 16.4 Å². The summed E-state index contributed by atoms with van der Waals surface area (Å²) in [6.45, 7) is 13.1. The summed E-state index contributed by atoms with van der Waals surface area (Å²) >= 11 is 0. The number of fused-ring (bicyclic) bond motifs is 3. The van der Waals surface area contributed by atoms with Gasteiger partial charge in [0.1, 0.15) is 17.6 Å². The zero-order valence-corrected chi connectivity index (χ0v) is 39.8.